The summed E-state index contributed by atoms with van der Waals surface area (Å²) in [4.78, 5) is 0. The first-order chi connectivity index (χ1) is 9.43. The van der Waals surface area contributed by atoms with E-state index in [2.05, 4.69) is 10.5 Å². The summed E-state index contributed by atoms with van der Waals surface area (Å²) in [6.45, 7) is 1.78. The molecule has 1 aromatic carbocycles. The number of hydrogen-bond acceptors (Lipinski definition) is 3. The lowest BCUT2D eigenvalue weighted by atomic mass is 10.0. The van der Waals surface area contributed by atoms with Crippen molar-refractivity contribution in [1.82, 2.24) is 15.2 Å². The highest BCUT2D eigenvalue weighted by Crippen LogP contribution is 2.26. The van der Waals surface area contributed by atoms with Crippen LogP contribution in [0.4, 0.5) is 8.78 Å². The van der Waals surface area contributed by atoms with Gasteiger partial charge in [0.25, 0.3) is 0 Å². The zero-order valence-corrected chi connectivity index (χ0v) is 11.9. The first kappa shape index (κ1) is 14.9. The molecule has 1 aromatic heterocycles. The molecule has 0 aliphatic heterocycles. The van der Waals surface area contributed by atoms with E-state index in [1.54, 1.807) is 18.7 Å². The third-order valence-corrected chi connectivity index (χ3v) is 3.69. The molecule has 7 heteroatoms. The van der Waals surface area contributed by atoms with Gasteiger partial charge in [0.1, 0.15) is 11.6 Å². The first-order valence-corrected chi connectivity index (χ1v) is 6.41. The van der Waals surface area contributed by atoms with E-state index in [4.69, 9.17) is 17.4 Å². The van der Waals surface area contributed by atoms with Gasteiger partial charge >= 0.3 is 0 Å². The maximum Gasteiger partial charge on any atom is 0.128 e. The molecule has 0 saturated heterocycles. The summed E-state index contributed by atoms with van der Waals surface area (Å²) in [7, 11) is 1.74. The van der Waals surface area contributed by atoms with Crippen molar-refractivity contribution in [3.63, 3.8) is 0 Å². The van der Waals surface area contributed by atoms with E-state index in [1.807, 2.05) is 0 Å². The Morgan fingerprint density at radius 1 is 1.45 bits per heavy atom. The van der Waals surface area contributed by atoms with Gasteiger partial charge in [-0.15, -0.1) is 0 Å². The number of nitrogens with one attached hydrogen (secondary N) is 1. The summed E-state index contributed by atoms with van der Waals surface area (Å²) in [5.74, 6) is 4.42. The Balaban J connectivity index is 2.36. The summed E-state index contributed by atoms with van der Waals surface area (Å²) < 4.78 is 28.7. The minimum absolute atomic E-state index is 0.155. The molecule has 0 bridgehead atoms. The van der Waals surface area contributed by atoms with Crippen molar-refractivity contribution in [3.05, 3.63) is 51.8 Å². The molecule has 2 aromatic rings. The Morgan fingerprint density at radius 2 is 2.15 bits per heavy atom. The number of aromatic nitrogens is 2. The van der Waals surface area contributed by atoms with E-state index < -0.39 is 17.7 Å². The smallest absolute Gasteiger partial charge is 0.128 e. The molecule has 20 heavy (non-hydrogen) atoms. The molecule has 0 radical (unpaired) electrons. The Labute approximate surface area is 120 Å². The summed E-state index contributed by atoms with van der Waals surface area (Å²) >= 11 is 6.15. The lowest BCUT2D eigenvalue weighted by Gasteiger charge is -2.17. The van der Waals surface area contributed by atoms with Gasteiger partial charge in [-0.05, 0) is 25.1 Å². The van der Waals surface area contributed by atoms with Crippen molar-refractivity contribution in [3.8, 4) is 0 Å². The van der Waals surface area contributed by atoms with Crippen molar-refractivity contribution >= 4 is 11.6 Å². The molecule has 0 spiro atoms. The van der Waals surface area contributed by atoms with Gasteiger partial charge in [-0.1, -0.05) is 11.6 Å². The van der Waals surface area contributed by atoms with E-state index in [0.717, 1.165) is 18.2 Å². The Bertz CT molecular complexity index is 627. The van der Waals surface area contributed by atoms with Crippen LogP contribution in [0, 0.1) is 18.6 Å². The van der Waals surface area contributed by atoms with Crippen LogP contribution >= 0.6 is 11.6 Å². The summed E-state index contributed by atoms with van der Waals surface area (Å²) in [6, 6.07) is 2.66. The predicted molar refractivity (Wildman–Crippen MR) is 73.1 cm³/mol. The van der Waals surface area contributed by atoms with E-state index in [0.29, 0.717) is 22.8 Å². The minimum Gasteiger partial charge on any atom is -0.271 e. The molecule has 1 heterocycles. The van der Waals surface area contributed by atoms with Crippen LogP contribution in [0.2, 0.25) is 5.02 Å². The van der Waals surface area contributed by atoms with Crippen molar-refractivity contribution in [2.24, 2.45) is 12.9 Å². The van der Waals surface area contributed by atoms with Gasteiger partial charge in [0.15, 0.2) is 0 Å². The average molecular weight is 301 g/mol. The third-order valence-electron chi connectivity index (χ3n) is 3.19. The largest absolute Gasteiger partial charge is 0.271 e. The number of aryl methyl sites for hydroxylation is 2. The number of hydrazine groups is 1. The molecule has 0 aliphatic rings. The fourth-order valence-electron chi connectivity index (χ4n) is 2.14. The summed E-state index contributed by atoms with van der Waals surface area (Å²) in [5.41, 5.74) is 4.03. The van der Waals surface area contributed by atoms with Crippen molar-refractivity contribution in [1.29, 1.82) is 0 Å². The fourth-order valence-corrected chi connectivity index (χ4v) is 2.37. The molecule has 2 rings (SSSR count). The van der Waals surface area contributed by atoms with E-state index in [1.165, 1.54) is 0 Å². The van der Waals surface area contributed by atoms with Crippen LogP contribution in [0.3, 0.4) is 0 Å². The number of hydrogen-bond donors (Lipinski definition) is 2. The van der Waals surface area contributed by atoms with E-state index in [9.17, 15) is 8.78 Å². The quantitative estimate of drug-likeness (QED) is 0.673. The van der Waals surface area contributed by atoms with Crippen LogP contribution in [-0.2, 0) is 13.5 Å². The molecule has 108 valence electrons. The van der Waals surface area contributed by atoms with Gasteiger partial charge in [0, 0.05) is 19.0 Å². The van der Waals surface area contributed by atoms with Crippen molar-refractivity contribution in [2.75, 3.05) is 0 Å². The van der Waals surface area contributed by atoms with E-state index >= 15 is 0 Å². The van der Waals surface area contributed by atoms with Gasteiger partial charge < -0.3 is 0 Å². The van der Waals surface area contributed by atoms with Crippen molar-refractivity contribution < 1.29 is 8.78 Å². The van der Waals surface area contributed by atoms with Gasteiger partial charge in [0.05, 0.1) is 22.5 Å². The number of nitrogens with zero attached hydrogens (tertiary/aromatic N) is 2. The van der Waals surface area contributed by atoms with Gasteiger partial charge in [-0.2, -0.15) is 5.10 Å². The van der Waals surface area contributed by atoms with Crippen LogP contribution in [0.1, 0.15) is 23.0 Å². The zero-order valence-electron chi connectivity index (χ0n) is 11.1. The molecular formula is C13H15ClF2N4. The number of nitrogens with two attached hydrogens (primary N) is 1. The highest BCUT2D eigenvalue weighted by molar-refractivity contribution is 6.31. The van der Waals surface area contributed by atoms with Crippen LogP contribution in [0.5, 0.6) is 0 Å². The van der Waals surface area contributed by atoms with Crippen molar-refractivity contribution in [2.45, 2.75) is 19.4 Å². The van der Waals surface area contributed by atoms with E-state index in [-0.39, 0.29) is 5.56 Å². The summed E-state index contributed by atoms with van der Waals surface area (Å²) in [5, 5.41) is 4.68. The zero-order chi connectivity index (χ0) is 14.9. The number of rotatable bonds is 4. The monoisotopic (exact) mass is 300 g/mol. The second-order valence-corrected chi connectivity index (χ2v) is 4.94. The van der Waals surface area contributed by atoms with Crippen LogP contribution in [-0.4, -0.2) is 9.78 Å². The second-order valence-electron chi connectivity index (χ2n) is 4.56. The summed E-state index contributed by atoms with van der Waals surface area (Å²) in [6.07, 6.45) is 0.299. The molecule has 3 N–H and O–H groups in total. The molecule has 0 fully saturated rings. The lowest BCUT2D eigenvalue weighted by Crippen LogP contribution is -2.31. The molecule has 4 nitrogen and oxygen atoms in total. The Kier molecular flexibility index (Phi) is 4.37. The number of halogens is 3. The molecular weight excluding hydrogens is 286 g/mol. The maximum atomic E-state index is 13.8. The highest BCUT2D eigenvalue weighted by atomic mass is 35.5. The van der Waals surface area contributed by atoms with Crippen LogP contribution in [0.15, 0.2) is 18.2 Å². The topological polar surface area (TPSA) is 55.9 Å². The fraction of sp³-hybridized carbons (Fsp3) is 0.308. The normalized spacial score (nSPS) is 12.7. The minimum atomic E-state index is -0.599. The van der Waals surface area contributed by atoms with Gasteiger partial charge in [-0.25, -0.2) is 8.78 Å². The SMILES string of the molecule is Cc1nn(C)c(CC(NN)c2cc(F)ccc2F)c1Cl. The van der Waals surface area contributed by atoms with Gasteiger partial charge in [0.2, 0.25) is 0 Å². The molecule has 0 amide bonds. The van der Waals surface area contributed by atoms with Crippen LogP contribution in [0.25, 0.3) is 0 Å². The lowest BCUT2D eigenvalue weighted by molar-refractivity contribution is 0.491. The Morgan fingerprint density at radius 3 is 2.70 bits per heavy atom. The van der Waals surface area contributed by atoms with Crippen LogP contribution < -0.4 is 11.3 Å². The average Bonchev–Trinajstić information content (AvgIpc) is 2.65. The third kappa shape index (κ3) is 2.82. The van der Waals surface area contributed by atoms with Gasteiger partial charge in [-0.3, -0.25) is 16.0 Å². The second kappa shape index (κ2) is 5.87. The first-order valence-electron chi connectivity index (χ1n) is 6.03. The molecule has 1 atom stereocenters. The molecule has 0 saturated carbocycles. The Hall–Kier alpha value is -1.50. The molecule has 1 unspecified atom stereocenters. The highest BCUT2D eigenvalue weighted by Gasteiger charge is 2.20. The number of benzene rings is 1. The predicted octanol–water partition coefficient (Wildman–Crippen LogP) is 2.41. The standard InChI is InChI=1S/C13H15ClF2N4/c1-7-13(14)12(20(2)19-7)6-11(18-17)9-5-8(15)3-4-10(9)16/h3-5,11,18H,6,17H2,1-2H3. The maximum absolute atomic E-state index is 13.8. The molecule has 0 aliphatic carbocycles.